The van der Waals surface area contributed by atoms with Crippen LogP contribution in [0.25, 0.3) is 0 Å². The van der Waals surface area contributed by atoms with Crippen molar-refractivity contribution in [2.24, 2.45) is 0 Å². The van der Waals surface area contributed by atoms with Crippen molar-refractivity contribution in [3.05, 3.63) is 35.8 Å². The van der Waals surface area contributed by atoms with E-state index in [9.17, 15) is 0 Å². The molecule has 1 saturated carbocycles. The van der Waals surface area contributed by atoms with E-state index >= 15 is 0 Å². The molecule has 0 atom stereocenters. The number of rotatable bonds is 5. The van der Waals surface area contributed by atoms with Crippen LogP contribution in [0.5, 0.6) is 0 Å². The van der Waals surface area contributed by atoms with Gasteiger partial charge in [-0.2, -0.15) is 5.10 Å². The van der Waals surface area contributed by atoms with E-state index in [4.69, 9.17) is 4.42 Å². The molecule has 0 spiro atoms. The lowest BCUT2D eigenvalue weighted by molar-refractivity contribution is 0.289. The van der Waals surface area contributed by atoms with Gasteiger partial charge in [0.1, 0.15) is 5.76 Å². The Hall–Kier alpha value is -1.62. The third-order valence-electron chi connectivity index (χ3n) is 3.57. The molecule has 96 valence electrons. The second kappa shape index (κ2) is 4.94. The first kappa shape index (κ1) is 11.5. The zero-order valence-electron chi connectivity index (χ0n) is 10.6. The average molecular weight is 246 g/mol. The molecular formula is C13H18N4O. The highest BCUT2D eigenvalue weighted by Crippen LogP contribution is 2.30. The lowest BCUT2D eigenvalue weighted by atomic mass is 9.93. The number of nitrogens with one attached hydrogen (secondary N) is 1. The van der Waals surface area contributed by atoms with Gasteiger partial charge in [0.05, 0.1) is 17.9 Å². The topological polar surface area (TPSA) is 55.9 Å². The Kier molecular flexibility index (Phi) is 3.15. The van der Waals surface area contributed by atoms with Crippen molar-refractivity contribution in [3.8, 4) is 0 Å². The zero-order chi connectivity index (χ0) is 12.4. The summed E-state index contributed by atoms with van der Waals surface area (Å²) in [4.78, 5) is 4.15. The molecule has 0 amide bonds. The van der Waals surface area contributed by atoms with Crippen molar-refractivity contribution in [1.29, 1.82) is 0 Å². The standard InChI is InChI=1S/C13H18N4O/c1-10-13(15-9-18-10)7-14-5-11-6-16-17(8-11)12-3-2-4-12/h6,8-9,12,14H,2-5,7H2,1H3. The molecule has 0 saturated heterocycles. The first-order valence-corrected chi connectivity index (χ1v) is 6.45. The Morgan fingerprint density at radius 2 is 2.33 bits per heavy atom. The van der Waals surface area contributed by atoms with E-state index < -0.39 is 0 Å². The van der Waals surface area contributed by atoms with Gasteiger partial charge in [-0.25, -0.2) is 4.98 Å². The Labute approximate surface area is 106 Å². The Morgan fingerprint density at radius 3 is 3.00 bits per heavy atom. The molecule has 3 rings (SSSR count). The third kappa shape index (κ3) is 2.31. The minimum absolute atomic E-state index is 0.636. The van der Waals surface area contributed by atoms with E-state index in [1.807, 2.05) is 13.1 Å². The van der Waals surface area contributed by atoms with Gasteiger partial charge >= 0.3 is 0 Å². The summed E-state index contributed by atoms with van der Waals surface area (Å²) in [5.41, 5.74) is 2.20. The molecule has 0 unspecified atom stereocenters. The van der Waals surface area contributed by atoms with Crippen LogP contribution in [-0.2, 0) is 13.1 Å². The minimum atomic E-state index is 0.636. The highest BCUT2D eigenvalue weighted by molar-refractivity contribution is 5.07. The van der Waals surface area contributed by atoms with E-state index in [0.29, 0.717) is 6.04 Å². The Bertz CT molecular complexity index is 513. The molecule has 5 heteroatoms. The molecule has 0 radical (unpaired) electrons. The molecule has 18 heavy (non-hydrogen) atoms. The molecule has 2 heterocycles. The van der Waals surface area contributed by atoms with Gasteiger partial charge in [-0.3, -0.25) is 4.68 Å². The minimum Gasteiger partial charge on any atom is -0.448 e. The largest absolute Gasteiger partial charge is 0.448 e. The summed E-state index contributed by atoms with van der Waals surface area (Å²) >= 11 is 0. The summed E-state index contributed by atoms with van der Waals surface area (Å²) in [7, 11) is 0. The first-order valence-electron chi connectivity index (χ1n) is 6.45. The fraction of sp³-hybridized carbons (Fsp3) is 0.538. The van der Waals surface area contributed by atoms with Crippen molar-refractivity contribution in [2.45, 2.75) is 45.3 Å². The first-order chi connectivity index (χ1) is 8.83. The quantitative estimate of drug-likeness (QED) is 0.878. The van der Waals surface area contributed by atoms with Crippen LogP contribution in [-0.4, -0.2) is 14.8 Å². The summed E-state index contributed by atoms with van der Waals surface area (Å²) in [6, 6.07) is 0.636. The molecule has 2 aromatic rings. The average Bonchev–Trinajstić information content (AvgIpc) is 2.87. The fourth-order valence-corrected chi connectivity index (χ4v) is 2.14. The van der Waals surface area contributed by atoms with Gasteiger partial charge in [-0.1, -0.05) is 0 Å². The van der Waals surface area contributed by atoms with Crippen LogP contribution in [0.15, 0.2) is 23.2 Å². The SMILES string of the molecule is Cc1ocnc1CNCc1cnn(C2CCC2)c1. The predicted octanol–water partition coefficient (Wildman–Crippen LogP) is 2.19. The molecule has 1 N–H and O–H groups in total. The lowest BCUT2D eigenvalue weighted by Gasteiger charge is -2.25. The number of aromatic nitrogens is 3. The van der Waals surface area contributed by atoms with Crippen molar-refractivity contribution >= 4 is 0 Å². The maximum Gasteiger partial charge on any atom is 0.181 e. The lowest BCUT2D eigenvalue weighted by Crippen LogP contribution is -2.17. The normalized spacial score (nSPS) is 15.8. The van der Waals surface area contributed by atoms with E-state index in [1.54, 1.807) is 0 Å². The van der Waals surface area contributed by atoms with Crippen LogP contribution in [0.4, 0.5) is 0 Å². The summed E-state index contributed by atoms with van der Waals surface area (Å²) in [6.07, 6.45) is 9.46. The smallest absolute Gasteiger partial charge is 0.181 e. The highest BCUT2D eigenvalue weighted by Gasteiger charge is 2.19. The van der Waals surface area contributed by atoms with E-state index in [2.05, 4.69) is 26.3 Å². The fourth-order valence-electron chi connectivity index (χ4n) is 2.14. The molecule has 0 aromatic carbocycles. The van der Waals surface area contributed by atoms with E-state index in [1.165, 1.54) is 31.2 Å². The molecule has 5 nitrogen and oxygen atoms in total. The molecule has 1 fully saturated rings. The van der Waals surface area contributed by atoms with Gasteiger partial charge in [-0.05, 0) is 26.2 Å². The summed E-state index contributed by atoms with van der Waals surface area (Å²) in [5.74, 6) is 0.882. The maximum atomic E-state index is 5.16. The number of oxazole rings is 1. The van der Waals surface area contributed by atoms with Gasteiger partial charge in [0, 0.05) is 24.8 Å². The summed E-state index contributed by atoms with van der Waals surface area (Å²) in [5, 5.41) is 7.77. The summed E-state index contributed by atoms with van der Waals surface area (Å²) < 4.78 is 7.26. The third-order valence-corrected chi connectivity index (χ3v) is 3.57. The van der Waals surface area contributed by atoms with E-state index in [0.717, 1.165) is 24.5 Å². The zero-order valence-corrected chi connectivity index (χ0v) is 10.6. The van der Waals surface area contributed by atoms with Crippen molar-refractivity contribution < 1.29 is 4.42 Å². The number of aryl methyl sites for hydroxylation is 1. The molecule has 1 aliphatic rings. The second-order valence-electron chi connectivity index (χ2n) is 4.87. The van der Waals surface area contributed by atoms with Crippen molar-refractivity contribution in [3.63, 3.8) is 0 Å². The van der Waals surface area contributed by atoms with Crippen LogP contribution in [0, 0.1) is 6.92 Å². The van der Waals surface area contributed by atoms with Gasteiger partial charge in [0.2, 0.25) is 0 Å². The van der Waals surface area contributed by atoms with Gasteiger partial charge < -0.3 is 9.73 Å². The van der Waals surface area contributed by atoms with Gasteiger partial charge in [0.15, 0.2) is 6.39 Å². The molecule has 0 bridgehead atoms. The monoisotopic (exact) mass is 246 g/mol. The predicted molar refractivity (Wildman–Crippen MR) is 66.9 cm³/mol. The number of nitrogens with zero attached hydrogens (tertiary/aromatic N) is 3. The number of hydrogen-bond acceptors (Lipinski definition) is 4. The molecule has 0 aliphatic heterocycles. The van der Waals surface area contributed by atoms with Crippen LogP contribution < -0.4 is 5.32 Å². The van der Waals surface area contributed by atoms with Crippen molar-refractivity contribution in [1.82, 2.24) is 20.1 Å². The second-order valence-corrected chi connectivity index (χ2v) is 4.87. The van der Waals surface area contributed by atoms with Gasteiger partial charge in [0.25, 0.3) is 0 Å². The van der Waals surface area contributed by atoms with Crippen LogP contribution in [0.1, 0.15) is 42.3 Å². The van der Waals surface area contributed by atoms with E-state index in [-0.39, 0.29) is 0 Å². The van der Waals surface area contributed by atoms with Crippen LogP contribution >= 0.6 is 0 Å². The number of hydrogen-bond donors (Lipinski definition) is 1. The Morgan fingerprint density at radius 1 is 1.44 bits per heavy atom. The molecular weight excluding hydrogens is 228 g/mol. The summed E-state index contributed by atoms with van der Waals surface area (Å²) in [6.45, 7) is 3.48. The van der Waals surface area contributed by atoms with Crippen molar-refractivity contribution in [2.75, 3.05) is 0 Å². The highest BCUT2D eigenvalue weighted by atomic mass is 16.3. The van der Waals surface area contributed by atoms with Gasteiger partial charge in [-0.15, -0.1) is 0 Å². The maximum absolute atomic E-state index is 5.16. The van der Waals surface area contributed by atoms with Crippen LogP contribution in [0.3, 0.4) is 0 Å². The molecule has 2 aromatic heterocycles. The Balaban J connectivity index is 1.51. The molecule has 1 aliphatic carbocycles. The van der Waals surface area contributed by atoms with Crippen LogP contribution in [0.2, 0.25) is 0 Å².